The third kappa shape index (κ3) is 5.15. The summed E-state index contributed by atoms with van der Waals surface area (Å²) in [6, 6.07) is 0. The van der Waals surface area contributed by atoms with Crippen LogP contribution in [0.3, 0.4) is 0 Å². The van der Waals surface area contributed by atoms with Gasteiger partial charge in [-0.25, -0.2) is 4.99 Å². The van der Waals surface area contributed by atoms with Crippen LogP contribution < -0.4 is 5.73 Å². The summed E-state index contributed by atoms with van der Waals surface area (Å²) in [6.07, 6.45) is 0. The number of hydrogen-bond donors (Lipinski definition) is 1. The predicted octanol–water partition coefficient (Wildman–Crippen LogP) is 1.83. The summed E-state index contributed by atoms with van der Waals surface area (Å²) in [7, 11) is 3.72. The Labute approximate surface area is 124 Å². The first-order valence-electron chi connectivity index (χ1n) is 5.11. The number of aliphatic imine (C=N–C) groups is 1. The second-order valence-electron chi connectivity index (χ2n) is 4.82. The maximum atomic E-state index is 5.69. The van der Waals surface area contributed by atoms with Crippen LogP contribution in [0.2, 0.25) is 0 Å². The molecule has 0 aromatic carbocycles. The van der Waals surface area contributed by atoms with Gasteiger partial charge in [-0.1, -0.05) is 32.1 Å². The molecule has 1 heterocycles. The van der Waals surface area contributed by atoms with Crippen molar-refractivity contribution < 1.29 is 0 Å². The molecule has 0 fully saturated rings. The zero-order valence-electron chi connectivity index (χ0n) is 10.9. The minimum Gasteiger partial charge on any atom is -0.370 e. The summed E-state index contributed by atoms with van der Waals surface area (Å²) in [5.74, 6) is 0.507. The first kappa shape index (κ1) is 16.6. The lowest BCUT2D eigenvalue weighted by Gasteiger charge is -2.12. The van der Waals surface area contributed by atoms with Crippen molar-refractivity contribution in [2.75, 3.05) is 14.1 Å². The van der Waals surface area contributed by atoms with E-state index in [9.17, 15) is 0 Å². The molecule has 2 N–H and O–H groups in total. The Morgan fingerprint density at radius 1 is 1.35 bits per heavy atom. The highest BCUT2D eigenvalue weighted by atomic mass is 127. The van der Waals surface area contributed by atoms with Crippen LogP contribution >= 0.6 is 35.3 Å². The predicted molar refractivity (Wildman–Crippen MR) is 83.0 cm³/mol. The van der Waals surface area contributed by atoms with Crippen molar-refractivity contribution in [2.45, 2.75) is 32.7 Å². The van der Waals surface area contributed by atoms with Gasteiger partial charge < -0.3 is 10.6 Å². The fraction of sp³-hybridized carbons (Fsp3) is 0.700. The van der Waals surface area contributed by atoms with Crippen LogP contribution in [0, 0.1) is 0 Å². The average molecular weight is 369 g/mol. The van der Waals surface area contributed by atoms with Crippen molar-refractivity contribution in [3.8, 4) is 0 Å². The van der Waals surface area contributed by atoms with Gasteiger partial charge in [0.2, 0.25) is 0 Å². The van der Waals surface area contributed by atoms with Gasteiger partial charge in [-0.3, -0.25) is 0 Å². The van der Waals surface area contributed by atoms with E-state index in [-0.39, 0.29) is 29.4 Å². The van der Waals surface area contributed by atoms with E-state index in [1.165, 1.54) is 0 Å². The van der Waals surface area contributed by atoms with Crippen molar-refractivity contribution in [2.24, 2.45) is 10.7 Å². The molecule has 1 aromatic heterocycles. The Morgan fingerprint density at radius 2 is 1.94 bits per heavy atom. The first-order valence-corrected chi connectivity index (χ1v) is 5.92. The third-order valence-electron chi connectivity index (χ3n) is 1.94. The first-order chi connectivity index (χ1) is 7.30. The molecule has 98 valence electrons. The highest BCUT2D eigenvalue weighted by Gasteiger charge is 2.19. The highest BCUT2D eigenvalue weighted by molar-refractivity contribution is 14.0. The Bertz CT molecular complexity index is 380. The number of nitrogens with two attached hydrogens (primary N) is 1. The normalized spacial score (nSPS) is 12.2. The fourth-order valence-corrected chi connectivity index (χ4v) is 1.73. The van der Waals surface area contributed by atoms with Gasteiger partial charge in [0, 0.05) is 19.5 Å². The highest BCUT2D eigenvalue weighted by Crippen LogP contribution is 2.25. The lowest BCUT2D eigenvalue weighted by Crippen LogP contribution is -2.30. The van der Waals surface area contributed by atoms with Gasteiger partial charge in [-0.2, -0.15) is 0 Å². The van der Waals surface area contributed by atoms with Gasteiger partial charge in [0.1, 0.15) is 10.0 Å². The standard InChI is InChI=1S/C10H19N5S.HI/c1-10(2,3)8-14-13-7(16-8)6-12-9(11)15(4)5;/h6H2,1-5H3,(H2,11,12);1H. The number of halogens is 1. The topological polar surface area (TPSA) is 67.4 Å². The van der Waals surface area contributed by atoms with E-state index in [1.54, 1.807) is 16.2 Å². The molecule has 1 rings (SSSR count). The van der Waals surface area contributed by atoms with E-state index in [1.807, 2.05) is 14.1 Å². The Hall–Kier alpha value is -0.440. The maximum Gasteiger partial charge on any atom is 0.191 e. The summed E-state index contributed by atoms with van der Waals surface area (Å²) in [5, 5.41) is 10.2. The number of hydrogen-bond acceptors (Lipinski definition) is 4. The molecule has 7 heteroatoms. The molecule has 0 aliphatic heterocycles. The second kappa shape index (κ2) is 6.48. The van der Waals surface area contributed by atoms with Gasteiger partial charge in [0.15, 0.2) is 5.96 Å². The van der Waals surface area contributed by atoms with E-state index in [0.717, 1.165) is 10.0 Å². The van der Waals surface area contributed by atoms with Crippen molar-refractivity contribution >= 4 is 41.3 Å². The Morgan fingerprint density at radius 3 is 2.35 bits per heavy atom. The Balaban J connectivity index is 0.00000256. The van der Waals surface area contributed by atoms with Gasteiger partial charge in [-0.05, 0) is 0 Å². The quantitative estimate of drug-likeness (QED) is 0.491. The van der Waals surface area contributed by atoms with E-state index < -0.39 is 0 Å². The summed E-state index contributed by atoms with van der Waals surface area (Å²) in [5.41, 5.74) is 5.74. The van der Waals surface area contributed by atoms with E-state index >= 15 is 0 Å². The van der Waals surface area contributed by atoms with Crippen LogP contribution in [-0.4, -0.2) is 35.2 Å². The molecule has 0 bridgehead atoms. The molecule has 0 amide bonds. The molecule has 0 aliphatic rings. The number of nitrogens with zero attached hydrogens (tertiary/aromatic N) is 4. The molecule has 0 unspecified atom stereocenters. The van der Waals surface area contributed by atoms with Gasteiger partial charge in [0.25, 0.3) is 0 Å². The van der Waals surface area contributed by atoms with E-state index in [2.05, 4.69) is 36.0 Å². The summed E-state index contributed by atoms with van der Waals surface area (Å²) in [4.78, 5) is 5.99. The number of aromatic nitrogens is 2. The zero-order chi connectivity index (χ0) is 12.3. The molecule has 0 saturated carbocycles. The molecular formula is C10H20IN5S. The van der Waals surface area contributed by atoms with Gasteiger partial charge >= 0.3 is 0 Å². The molecule has 0 aliphatic carbocycles. The van der Waals surface area contributed by atoms with E-state index in [4.69, 9.17) is 5.73 Å². The second-order valence-corrected chi connectivity index (χ2v) is 5.88. The molecular weight excluding hydrogens is 349 g/mol. The maximum absolute atomic E-state index is 5.69. The molecule has 0 atom stereocenters. The van der Waals surface area contributed by atoms with Crippen LogP contribution in [0.15, 0.2) is 4.99 Å². The van der Waals surface area contributed by atoms with Gasteiger partial charge in [0.05, 0.1) is 6.54 Å². The third-order valence-corrected chi connectivity index (χ3v) is 3.28. The minimum atomic E-state index is 0. The Kier molecular flexibility index (Phi) is 6.31. The average Bonchev–Trinajstić information content (AvgIpc) is 2.61. The van der Waals surface area contributed by atoms with Crippen LogP contribution in [0.5, 0.6) is 0 Å². The SMILES string of the molecule is CN(C)C(N)=NCc1nnc(C(C)(C)C)s1.I. The zero-order valence-corrected chi connectivity index (χ0v) is 14.0. The molecule has 0 saturated heterocycles. The number of rotatable bonds is 2. The largest absolute Gasteiger partial charge is 0.370 e. The van der Waals surface area contributed by atoms with Crippen molar-refractivity contribution in [3.63, 3.8) is 0 Å². The molecule has 1 aromatic rings. The van der Waals surface area contributed by atoms with Crippen molar-refractivity contribution in [1.29, 1.82) is 0 Å². The van der Waals surface area contributed by atoms with Crippen LogP contribution in [-0.2, 0) is 12.0 Å². The number of guanidine groups is 1. The summed E-state index contributed by atoms with van der Waals surface area (Å²) in [6.45, 7) is 6.86. The summed E-state index contributed by atoms with van der Waals surface area (Å²) < 4.78 is 0. The van der Waals surface area contributed by atoms with Crippen LogP contribution in [0.25, 0.3) is 0 Å². The molecule has 5 nitrogen and oxygen atoms in total. The molecule has 0 radical (unpaired) electrons. The lowest BCUT2D eigenvalue weighted by atomic mass is 9.98. The fourth-order valence-electron chi connectivity index (χ4n) is 0.911. The van der Waals surface area contributed by atoms with E-state index in [0.29, 0.717) is 12.5 Å². The lowest BCUT2D eigenvalue weighted by molar-refractivity contribution is 0.577. The van der Waals surface area contributed by atoms with Gasteiger partial charge in [-0.15, -0.1) is 34.2 Å². The molecule has 0 spiro atoms. The van der Waals surface area contributed by atoms with Crippen molar-refractivity contribution in [1.82, 2.24) is 15.1 Å². The van der Waals surface area contributed by atoms with Crippen LogP contribution in [0.1, 0.15) is 30.8 Å². The van der Waals surface area contributed by atoms with Crippen molar-refractivity contribution in [3.05, 3.63) is 10.0 Å². The molecule has 17 heavy (non-hydrogen) atoms. The monoisotopic (exact) mass is 369 g/mol. The smallest absolute Gasteiger partial charge is 0.191 e. The minimum absolute atomic E-state index is 0. The van der Waals surface area contributed by atoms with Crippen LogP contribution in [0.4, 0.5) is 0 Å². The summed E-state index contributed by atoms with van der Waals surface area (Å²) >= 11 is 1.59.